The summed E-state index contributed by atoms with van der Waals surface area (Å²) in [5.74, 6) is 0.503. The van der Waals surface area contributed by atoms with Gasteiger partial charge in [0, 0.05) is 35.4 Å². The van der Waals surface area contributed by atoms with Crippen molar-refractivity contribution >= 4 is 23.3 Å². The monoisotopic (exact) mass is 301 g/mol. The maximum absolute atomic E-state index is 12.5. The van der Waals surface area contributed by atoms with Crippen LogP contribution in [-0.4, -0.2) is 42.1 Å². The number of rotatable bonds is 1. The summed E-state index contributed by atoms with van der Waals surface area (Å²) in [7, 11) is 0. The number of carbonyl (C=O) groups is 1. The van der Waals surface area contributed by atoms with E-state index in [-0.39, 0.29) is 5.78 Å². The van der Waals surface area contributed by atoms with Crippen LogP contribution in [0.5, 0.6) is 0 Å². The van der Waals surface area contributed by atoms with Crippen LogP contribution in [0, 0.1) is 0 Å². The molecule has 0 amide bonds. The molecule has 1 aromatic carbocycles. The van der Waals surface area contributed by atoms with Crippen molar-refractivity contribution in [3.8, 4) is 11.1 Å². The van der Waals surface area contributed by atoms with E-state index in [0.29, 0.717) is 35.4 Å². The second-order valence-corrected chi connectivity index (χ2v) is 5.49. The van der Waals surface area contributed by atoms with Gasteiger partial charge in [0.05, 0.1) is 13.2 Å². The maximum Gasteiger partial charge on any atom is 0.226 e. The molecule has 0 saturated carbocycles. The average Bonchev–Trinajstić information content (AvgIpc) is 2.80. The van der Waals surface area contributed by atoms with E-state index in [9.17, 15) is 4.79 Å². The number of fused-ring (bicyclic) bond motifs is 3. The molecule has 21 heavy (non-hydrogen) atoms. The highest BCUT2D eigenvalue weighted by Gasteiger charge is 2.30. The number of ether oxygens (including phenoxy) is 1. The Morgan fingerprint density at radius 1 is 1.14 bits per heavy atom. The van der Waals surface area contributed by atoms with Gasteiger partial charge in [-0.25, -0.2) is 9.97 Å². The molecule has 5 nitrogen and oxygen atoms in total. The standard InChI is InChI=1S/C15H12ClN3O2/c16-9-1-2-10-11(7-9)14(20)13-12(10)8-17-15(18-13)19-3-5-21-6-4-19/h1-2,7-8H,3-6H2. The van der Waals surface area contributed by atoms with Gasteiger partial charge in [0.2, 0.25) is 11.7 Å². The Labute approximate surface area is 126 Å². The molecule has 2 aromatic rings. The summed E-state index contributed by atoms with van der Waals surface area (Å²) >= 11 is 5.97. The summed E-state index contributed by atoms with van der Waals surface area (Å²) in [5.41, 5.74) is 2.70. The average molecular weight is 302 g/mol. The van der Waals surface area contributed by atoms with Crippen molar-refractivity contribution in [2.75, 3.05) is 31.2 Å². The van der Waals surface area contributed by atoms with Crippen LogP contribution in [0.1, 0.15) is 16.1 Å². The van der Waals surface area contributed by atoms with Crippen LogP contribution < -0.4 is 4.90 Å². The minimum atomic E-state index is -0.0839. The summed E-state index contributed by atoms with van der Waals surface area (Å²) in [6, 6.07) is 5.31. The van der Waals surface area contributed by atoms with Crippen molar-refractivity contribution in [3.63, 3.8) is 0 Å². The van der Waals surface area contributed by atoms with Crippen molar-refractivity contribution in [2.45, 2.75) is 0 Å². The topological polar surface area (TPSA) is 55.3 Å². The van der Waals surface area contributed by atoms with Gasteiger partial charge < -0.3 is 9.64 Å². The van der Waals surface area contributed by atoms with Gasteiger partial charge in [-0.1, -0.05) is 17.7 Å². The summed E-state index contributed by atoms with van der Waals surface area (Å²) in [4.78, 5) is 23.4. The zero-order valence-electron chi connectivity index (χ0n) is 11.2. The van der Waals surface area contributed by atoms with Gasteiger partial charge in [-0.3, -0.25) is 4.79 Å². The van der Waals surface area contributed by atoms with Crippen LogP contribution in [-0.2, 0) is 4.74 Å². The first-order valence-electron chi connectivity index (χ1n) is 6.78. The van der Waals surface area contributed by atoms with Crippen LogP contribution in [0.2, 0.25) is 5.02 Å². The molecule has 0 bridgehead atoms. The van der Waals surface area contributed by atoms with E-state index in [1.807, 2.05) is 11.0 Å². The molecule has 1 fully saturated rings. The summed E-state index contributed by atoms with van der Waals surface area (Å²) in [6.45, 7) is 2.80. The van der Waals surface area contributed by atoms with Crippen LogP contribution in [0.15, 0.2) is 24.4 Å². The summed E-state index contributed by atoms with van der Waals surface area (Å²) in [5, 5.41) is 0.552. The van der Waals surface area contributed by atoms with Gasteiger partial charge in [-0.2, -0.15) is 0 Å². The molecular weight excluding hydrogens is 290 g/mol. The van der Waals surface area contributed by atoms with E-state index >= 15 is 0 Å². The Bertz CT molecular complexity index is 742. The molecule has 1 aromatic heterocycles. The number of ketones is 1. The molecule has 0 N–H and O–H groups in total. The number of aromatic nitrogens is 2. The smallest absolute Gasteiger partial charge is 0.226 e. The molecule has 0 spiro atoms. The quantitative estimate of drug-likeness (QED) is 0.689. The fourth-order valence-corrected chi connectivity index (χ4v) is 2.90. The fourth-order valence-electron chi connectivity index (χ4n) is 2.73. The lowest BCUT2D eigenvalue weighted by atomic mass is 10.1. The number of hydrogen-bond acceptors (Lipinski definition) is 5. The van der Waals surface area contributed by atoms with Gasteiger partial charge in [0.25, 0.3) is 0 Å². The van der Waals surface area contributed by atoms with E-state index in [4.69, 9.17) is 16.3 Å². The third kappa shape index (κ3) is 2.01. The number of carbonyl (C=O) groups excluding carboxylic acids is 1. The van der Waals surface area contributed by atoms with Gasteiger partial charge in [0.15, 0.2) is 0 Å². The molecule has 1 aliphatic carbocycles. The number of halogens is 1. The van der Waals surface area contributed by atoms with Crippen LogP contribution in [0.25, 0.3) is 11.1 Å². The molecule has 0 unspecified atom stereocenters. The molecule has 2 aliphatic rings. The van der Waals surface area contributed by atoms with E-state index in [1.165, 1.54) is 0 Å². The number of anilines is 1. The van der Waals surface area contributed by atoms with Gasteiger partial charge in [0.1, 0.15) is 5.69 Å². The predicted molar refractivity (Wildman–Crippen MR) is 78.9 cm³/mol. The molecule has 1 aliphatic heterocycles. The van der Waals surface area contributed by atoms with Gasteiger partial charge in [-0.15, -0.1) is 0 Å². The Kier molecular flexibility index (Phi) is 2.90. The normalized spacial score (nSPS) is 16.8. The van der Waals surface area contributed by atoms with Gasteiger partial charge in [-0.05, 0) is 17.7 Å². The largest absolute Gasteiger partial charge is 0.378 e. The molecule has 0 radical (unpaired) electrons. The van der Waals surface area contributed by atoms with Crippen molar-refractivity contribution in [1.82, 2.24) is 9.97 Å². The van der Waals surface area contributed by atoms with E-state index in [2.05, 4.69) is 9.97 Å². The lowest BCUT2D eigenvalue weighted by Crippen LogP contribution is -2.37. The van der Waals surface area contributed by atoms with Crippen LogP contribution in [0.3, 0.4) is 0 Å². The zero-order chi connectivity index (χ0) is 14.4. The van der Waals surface area contributed by atoms with Crippen LogP contribution >= 0.6 is 11.6 Å². The Morgan fingerprint density at radius 3 is 2.76 bits per heavy atom. The number of morpholine rings is 1. The first-order chi connectivity index (χ1) is 10.2. The predicted octanol–water partition coefficient (Wildman–Crippen LogP) is 2.18. The van der Waals surface area contributed by atoms with Crippen molar-refractivity contribution in [2.24, 2.45) is 0 Å². The highest BCUT2D eigenvalue weighted by atomic mass is 35.5. The molecule has 6 heteroatoms. The van der Waals surface area contributed by atoms with Crippen molar-refractivity contribution in [3.05, 3.63) is 40.7 Å². The molecule has 1 saturated heterocycles. The molecular formula is C15H12ClN3O2. The molecule has 106 valence electrons. The Hall–Kier alpha value is -1.98. The van der Waals surface area contributed by atoms with E-state index < -0.39 is 0 Å². The highest BCUT2D eigenvalue weighted by Crippen LogP contribution is 2.37. The maximum atomic E-state index is 12.5. The lowest BCUT2D eigenvalue weighted by Gasteiger charge is -2.26. The zero-order valence-corrected chi connectivity index (χ0v) is 11.9. The Balaban J connectivity index is 1.78. The molecule has 0 atom stereocenters. The second kappa shape index (κ2) is 4.79. The third-order valence-electron chi connectivity index (χ3n) is 3.80. The van der Waals surface area contributed by atoms with E-state index in [0.717, 1.165) is 24.2 Å². The minimum Gasteiger partial charge on any atom is -0.378 e. The molecule has 2 heterocycles. The first kappa shape index (κ1) is 12.7. The van der Waals surface area contributed by atoms with Crippen molar-refractivity contribution in [1.29, 1.82) is 0 Å². The summed E-state index contributed by atoms with van der Waals surface area (Å²) in [6.07, 6.45) is 1.73. The van der Waals surface area contributed by atoms with Gasteiger partial charge >= 0.3 is 0 Å². The SMILES string of the molecule is O=C1c2cc(Cl)ccc2-c2cnc(N3CCOCC3)nc21. The van der Waals surface area contributed by atoms with Crippen LogP contribution in [0.4, 0.5) is 5.95 Å². The highest BCUT2D eigenvalue weighted by molar-refractivity contribution is 6.32. The van der Waals surface area contributed by atoms with Crippen molar-refractivity contribution < 1.29 is 9.53 Å². The minimum absolute atomic E-state index is 0.0839. The second-order valence-electron chi connectivity index (χ2n) is 5.05. The fraction of sp³-hybridized carbons (Fsp3) is 0.267. The Morgan fingerprint density at radius 2 is 1.95 bits per heavy atom. The first-order valence-corrected chi connectivity index (χ1v) is 7.16. The third-order valence-corrected chi connectivity index (χ3v) is 4.04. The lowest BCUT2D eigenvalue weighted by molar-refractivity contribution is 0.103. The summed E-state index contributed by atoms with van der Waals surface area (Å²) < 4.78 is 5.32. The molecule has 4 rings (SSSR count). The number of benzene rings is 1. The number of nitrogens with zero attached hydrogens (tertiary/aromatic N) is 3. The van der Waals surface area contributed by atoms with E-state index in [1.54, 1.807) is 18.3 Å². The number of hydrogen-bond donors (Lipinski definition) is 0.